The van der Waals surface area contributed by atoms with Crippen LogP contribution in [0.2, 0.25) is 0 Å². The van der Waals surface area contributed by atoms with Crippen molar-refractivity contribution in [2.45, 2.75) is 37.8 Å². The molecule has 0 radical (unpaired) electrons. The quantitative estimate of drug-likeness (QED) is 0.218. The number of nitrogens with one attached hydrogen (secondary N) is 1. The van der Waals surface area contributed by atoms with Crippen molar-refractivity contribution < 1.29 is 31.9 Å². The predicted molar refractivity (Wildman–Crippen MR) is 175 cm³/mol. The summed E-state index contributed by atoms with van der Waals surface area (Å²) in [5.41, 5.74) is 2.77. The fourth-order valence-corrected chi connectivity index (χ4v) is 6.67. The lowest BCUT2D eigenvalue weighted by molar-refractivity contribution is -0.139. The minimum absolute atomic E-state index is 0.118. The summed E-state index contributed by atoms with van der Waals surface area (Å²) in [6.07, 6.45) is 0.118. The Labute approximate surface area is 269 Å². The Morgan fingerprint density at radius 2 is 1.48 bits per heavy atom. The van der Waals surface area contributed by atoms with Gasteiger partial charge in [0.25, 0.3) is 10.0 Å². The second kappa shape index (κ2) is 14.9. The van der Waals surface area contributed by atoms with Crippen LogP contribution in [-0.4, -0.2) is 59.0 Å². The van der Waals surface area contributed by atoms with Crippen molar-refractivity contribution in [2.24, 2.45) is 0 Å². The first-order valence-corrected chi connectivity index (χ1v) is 16.0. The predicted octanol–water partition coefficient (Wildman–Crippen LogP) is 5.04. The van der Waals surface area contributed by atoms with Gasteiger partial charge in [-0.3, -0.25) is 13.9 Å². The average molecular weight is 648 g/mol. The second-order valence-corrected chi connectivity index (χ2v) is 12.7. The normalized spacial score (nSPS) is 11.8. The van der Waals surface area contributed by atoms with E-state index >= 15 is 0 Å². The first-order valence-electron chi connectivity index (χ1n) is 14.6. The van der Waals surface area contributed by atoms with E-state index in [4.69, 9.17) is 9.47 Å². The van der Waals surface area contributed by atoms with Crippen LogP contribution in [0.4, 0.5) is 10.1 Å². The van der Waals surface area contributed by atoms with Crippen molar-refractivity contribution in [2.75, 3.05) is 32.1 Å². The summed E-state index contributed by atoms with van der Waals surface area (Å²) in [6, 6.07) is 23.4. The van der Waals surface area contributed by atoms with E-state index in [2.05, 4.69) is 5.32 Å². The van der Waals surface area contributed by atoms with Gasteiger partial charge in [0.05, 0.1) is 24.8 Å². The fraction of sp³-hybridized carbons (Fsp3) is 0.257. The molecule has 0 bridgehead atoms. The number of hydrogen-bond donors (Lipinski definition) is 1. The zero-order valence-electron chi connectivity index (χ0n) is 26.5. The lowest BCUT2D eigenvalue weighted by Gasteiger charge is -2.33. The van der Waals surface area contributed by atoms with E-state index in [1.54, 1.807) is 18.2 Å². The number of ether oxygens (including phenoxy) is 2. The molecule has 1 atom stereocenters. The van der Waals surface area contributed by atoms with E-state index in [-0.39, 0.29) is 34.9 Å². The molecule has 4 rings (SSSR count). The molecule has 0 saturated heterocycles. The molecule has 0 aliphatic heterocycles. The molecule has 0 aliphatic rings. The lowest BCUT2D eigenvalue weighted by atomic mass is 10.0. The van der Waals surface area contributed by atoms with Crippen LogP contribution >= 0.6 is 0 Å². The standard InChI is InChI=1S/C35H38FN3O6S/c1-24-17-25(2)19-28(18-24)39(46(42,43)29-15-16-32(44-4)33(21-29)45-5)23-34(40)38(22-27-13-9-10-14-30(27)36)31(35(41)37-3)20-26-11-7-6-8-12-26/h6-19,21,31H,20,22-23H2,1-5H3,(H,37,41). The maximum Gasteiger partial charge on any atom is 0.264 e. The molecule has 1 N–H and O–H groups in total. The first-order chi connectivity index (χ1) is 22.0. The van der Waals surface area contributed by atoms with Gasteiger partial charge < -0.3 is 19.7 Å². The van der Waals surface area contributed by atoms with Crippen molar-refractivity contribution in [1.29, 1.82) is 0 Å². The number of carbonyl (C=O) groups is 2. The van der Waals surface area contributed by atoms with Gasteiger partial charge in [-0.1, -0.05) is 54.6 Å². The number of benzene rings is 4. The zero-order valence-corrected chi connectivity index (χ0v) is 27.3. The van der Waals surface area contributed by atoms with E-state index < -0.39 is 40.2 Å². The van der Waals surface area contributed by atoms with Gasteiger partial charge in [0, 0.05) is 31.6 Å². The van der Waals surface area contributed by atoms with E-state index in [1.165, 1.54) is 62.6 Å². The third-order valence-electron chi connectivity index (χ3n) is 7.53. The van der Waals surface area contributed by atoms with Crippen LogP contribution in [0, 0.1) is 19.7 Å². The number of halogens is 1. The van der Waals surface area contributed by atoms with Gasteiger partial charge in [-0.05, 0) is 60.9 Å². The number of hydrogen-bond acceptors (Lipinski definition) is 6. The largest absolute Gasteiger partial charge is 0.493 e. The number of methoxy groups -OCH3 is 2. The maximum absolute atomic E-state index is 15.0. The molecule has 242 valence electrons. The van der Waals surface area contributed by atoms with Crippen molar-refractivity contribution in [3.8, 4) is 11.5 Å². The number of rotatable bonds is 13. The van der Waals surface area contributed by atoms with Gasteiger partial charge >= 0.3 is 0 Å². The number of anilines is 1. The highest BCUT2D eigenvalue weighted by Gasteiger charge is 2.35. The Bertz CT molecular complexity index is 1780. The Balaban J connectivity index is 1.85. The highest BCUT2D eigenvalue weighted by atomic mass is 32.2. The molecule has 2 amide bonds. The topological polar surface area (TPSA) is 105 Å². The van der Waals surface area contributed by atoms with E-state index in [0.29, 0.717) is 5.75 Å². The Hall–Kier alpha value is -4.90. The van der Waals surface area contributed by atoms with Gasteiger partial charge in [0.2, 0.25) is 11.8 Å². The molecule has 0 aromatic heterocycles. The molecule has 1 unspecified atom stereocenters. The van der Waals surface area contributed by atoms with Crippen molar-refractivity contribution in [3.05, 3.63) is 119 Å². The van der Waals surface area contributed by atoms with Crippen LogP contribution in [-0.2, 0) is 32.6 Å². The van der Waals surface area contributed by atoms with Crippen LogP contribution in [0.1, 0.15) is 22.3 Å². The van der Waals surface area contributed by atoms with Gasteiger partial charge in [-0.25, -0.2) is 12.8 Å². The molecule has 4 aromatic rings. The van der Waals surface area contributed by atoms with Crippen LogP contribution in [0.5, 0.6) is 11.5 Å². The van der Waals surface area contributed by atoms with E-state index in [9.17, 15) is 22.4 Å². The monoisotopic (exact) mass is 647 g/mol. The summed E-state index contributed by atoms with van der Waals surface area (Å²) in [5, 5.41) is 2.62. The van der Waals surface area contributed by atoms with Gasteiger partial charge in [-0.15, -0.1) is 0 Å². The number of nitrogens with zero attached hydrogens (tertiary/aromatic N) is 2. The Morgan fingerprint density at radius 1 is 0.848 bits per heavy atom. The zero-order chi connectivity index (χ0) is 33.4. The van der Waals surface area contributed by atoms with Crippen molar-refractivity contribution in [1.82, 2.24) is 10.2 Å². The second-order valence-electron chi connectivity index (χ2n) is 10.8. The highest BCUT2D eigenvalue weighted by molar-refractivity contribution is 7.92. The van der Waals surface area contributed by atoms with Gasteiger partial charge in [0.1, 0.15) is 18.4 Å². The number of likely N-dealkylation sites (N-methyl/N-ethyl adjacent to an activating group) is 1. The SMILES string of the molecule is CNC(=O)C(Cc1ccccc1)N(Cc1ccccc1F)C(=O)CN(c1cc(C)cc(C)c1)S(=O)(=O)c1ccc(OC)c(OC)c1. The molecule has 46 heavy (non-hydrogen) atoms. The highest BCUT2D eigenvalue weighted by Crippen LogP contribution is 2.33. The minimum Gasteiger partial charge on any atom is -0.493 e. The molecular weight excluding hydrogens is 609 g/mol. The third-order valence-corrected chi connectivity index (χ3v) is 9.30. The molecule has 9 nitrogen and oxygen atoms in total. The summed E-state index contributed by atoms with van der Waals surface area (Å²) in [6.45, 7) is 2.71. The molecule has 4 aromatic carbocycles. The molecular formula is C35H38FN3O6S. The fourth-order valence-electron chi connectivity index (χ4n) is 5.26. The molecule has 0 aliphatic carbocycles. The average Bonchev–Trinajstić information content (AvgIpc) is 3.05. The summed E-state index contributed by atoms with van der Waals surface area (Å²) >= 11 is 0. The first kappa shape index (κ1) is 34.0. The lowest BCUT2D eigenvalue weighted by Crippen LogP contribution is -2.53. The number of aryl methyl sites for hydroxylation is 2. The van der Waals surface area contributed by atoms with E-state index in [1.807, 2.05) is 50.2 Å². The van der Waals surface area contributed by atoms with Crippen LogP contribution in [0.3, 0.4) is 0 Å². The van der Waals surface area contributed by atoms with Gasteiger partial charge in [0.15, 0.2) is 11.5 Å². The molecule has 11 heteroatoms. The summed E-state index contributed by atoms with van der Waals surface area (Å²) in [7, 11) is -0.102. The molecule has 0 saturated carbocycles. The minimum atomic E-state index is -4.39. The summed E-state index contributed by atoms with van der Waals surface area (Å²) < 4.78 is 55.4. The molecule has 0 heterocycles. The maximum atomic E-state index is 15.0. The third kappa shape index (κ3) is 7.84. The number of sulfonamides is 1. The van der Waals surface area contributed by atoms with Gasteiger partial charge in [-0.2, -0.15) is 0 Å². The van der Waals surface area contributed by atoms with Crippen molar-refractivity contribution >= 4 is 27.5 Å². The summed E-state index contributed by atoms with van der Waals surface area (Å²) in [5.74, 6) is -1.20. The molecule has 0 spiro atoms. The smallest absolute Gasteiger partial charge is 0.264 e. The summed E-state index contributed by atoms with van der Waals surface area (Å²) in [4.78, 5) is 28.9. The number of amides is 2. The van der Waals surface area contributed by atoms with Crippen LogP contribution < -0.4 is 19.1 Å². The number of carbonyl (C=O) groups excluding carboxylic acids is 2. The van der Waals surface area contributed by atoms with Crippen LogP contribution in [0.15, 0.2) is 95.9 Å². The molecule has 0 fully saturated rings. The van der Waals surface area contributed by atoms with Crippen molar-refractivity contribution in [3.63, 3.8) is 0 Å². The Kier molecular flexibility index (Phi) is 11.0. The Morgan fingerprint density at radius 3 is 2.09 bits per heavy atom. The van der Waals surface area contributed by atoms with E-state index in [0.717, 1.165) is 21.0 Å². The van der Waals surface area contributed by atoms with Crippen LogP contribution in [0.25, 0.3) is 0 Å².